The number of ether oxygens (including phenoxy) is 1. The second-order valence-electron chi connectivity index (χ2n) is 4.75. The zero-order valence-electron chi connectivity index (χ0n) is 12.2. The first-order valence-electron chi connectivity index (χ1n) is 6.87. The van der Waals surface area contributed by atoms with E-state index in [1.54, 1.807) is 24.3 Å². The first kappa shape index (κ1) is 15.4. The highest BCUT2D eigenvalue weighted by Crippen LogP contribution is 2.21. The third kappa shape index (κ3) is 4.23. The molecular weight excluding hydrogens is 286 g/mol. The lowest BCUT2D eigenvalue weighted by Crippen LogP contribution is -2.21. The number of nitrogens with one attached hydrogen (secondary N) is 1. The van der Waals surface area contributed by atoms with E-state index in [0.717, 1.165) is 23.2 Å². The van der Waals surface area contributed by atoms with Crippen molar-refractivity contribution in [3.63, 3.8) is 0 Å². The van der Waals surface area contributed by atoms with Crippen LogP contribution in [-0.2, 0) is 11.2 Å². The van der Waals surface area contributed by atoms with E-state index in [-0.39, 0.29) is 12.5 Å². The van der Waals surface area contributed by atoms with Crippen LogP contribution >= 0.6 is 11.6 Å². The quantitative estimate of drug-likeness (QED) is 0.897. The van der Waals surface area contributed by atoms with E-state index < -0.39 is 0 Å². The molecule has 4 heteroatoms. The predicted molar refractivity (Wildman–Crippen MR) is 86.1 cm³/mol. The summed E-state index contributed by atoms with van der Waals surface area (Å²) >= 11 is 5.80. The summed E-state index contributed by atoms with van der Waals surface area (Å²) in [7, 11) is 0. The summed E-state index contributed by atoms with van der Waals surface area (Å²) in [5.74, 6) is 0.448. The molecule has 0 saturated heterocycles. The molecule has 0 atom stereocenters. The zero-order chi connectivity index (χ0) is 15.2. The molecule has 1 amide bonds. The molecule has 0 aromatic heterocycles. The van der Waals surface area contributed by atoms with E-state index >= 15 is 0 Å². The summed E-state index contributed by atoms with van der Waals surface area (Å²) in [6, 6.07) is 12.9. The lowest BCUT2D eigenvalue weighted by molar-refractivity contribution is -0.118. The Balaban J connectivity index is 1.97. The largest absolute Gasteiger partial charge is 0.484 e. The van der Waals surface area contributed by atoms with Crippen LogP contribution in [0.1, 0.15) is 18.1 Å². The number of carbonyl (C=O) groups excluding carboxylic acids is 1. The second kappa shape index (κ2) is 7.14. The molecule has 2 aromatic rings. The van der Waals surface area contributed by atoms with Crippen molar-refractivity contribution in [2.75, 3.05) is 11.9 Å². The van der Waals surface area contributed by atoms with Crippen LogP contribution in [0.5, 0.6) is 5.75 Å². The van der Waals surface area contributed by atoms with E-state index in [0.29, 0.717) is 10.8 Å². The molecule has 0 aliphatic rings. The Labute approximate surface area is 129 Å². The Hall–Kier alpha value is -2.00. The highest BCUT2D eigenvalue weighted by molar-refractivity contribution is 6.30. The number of anilines is 1. The van der Waals surface area contributed by atoms with Crippen molar-refractivity contribution >= 4 is 23.2 Å². The molecule has 110 valence electrons. The minimum absolute atomic E-state index is 0.0286. The molecule has 0 heterocycles. The van der Waals surface area contributed by atoms with Crippen LogP contribution in [0, 0.1) is 6.92 Å². The first-order valence-corrected chi connectivity index (χ1v) is 7.24. The standard InChI is InChI=1S/C17H18ClNO2/c1-3-13-6-4-5-12(2)17(13)19-16(20)11-21-15-9-7-14(18)8-10-15/h4-10H,3,11H2,1-2H3,(H,19,20). The predicted octanol–water partition coefficient (Wildman–Crippen LogP) is 4.23. The van der Waals surface area contributed by atoms with Crippen molar-refractivity contribution in [1.29, 1.82) is 0 Å². The maximum atomic E-state index is 12.0. The van der Waals surface area contributed by atoms with Gasteiger partial charge in [0.15, 0.2) is 6.61 Å². The van der Waals surface area contributed by atoms with Gasteiger partial charge in [0.2, 0.25) is 0 Å². The van der Waals surface area contributed by atoms with Crippen molar-refractivity contribution < 1.29 is 9.53 Å². The summed E-state index contributed by atoms with van der Waals surface area (Å²) in [6.45, 7) is 4.02. The average Bonchev–Trinajstić information content (AvgIpc) is 2.49. The first-order chi connectivity index (χ1) is 10.1. The molecule has 2 aromatic carbocycles. The lowest BCUT2D eigenvalue weighted by atomic mass is 10.1. The minimum atomic E-state index is -0.172. The van der Waals surface area contributed by atoms with Crippen LogP contribution < -0.4 is 10.1 Å². The smallest absolute Gasteiger partial charge is 0.262 e. The van der Waals surface area contributed by atoms with Gasteiger partial charge in [-0.1, -0.05) is 36.7 Å². The molecule has 0 unspecified atom stereocenters. The van der Waals surface area contributed by atoms with Gasteiger partial charge in [0.25, 0.3) is 5.91 Å². The molecule has 0 saturated carbocycles. The SMILES string of the molecule is CCc1cccc(C)c1NC(=O)COc1ccc(Cl)cc1. The number of rotatable bonds is 5. The van der Waals surface area contributed by atoms with Crippen molar-refractivity contribution in [1.82, 2.24) is 0 Å². The van der Waals surface area contributed by atoms with Gasteiger partial charge in [0.1, 0.15) is 5.75 Å². The monoisotopic (exact) mass is 303 g/mol. The number of amides is 1. The van der Waals surface area contributed by atoms with Crippen LogP contribution in [-0.4, -0.2) is 12.5 Å². The van der Waals surface area contributed by atoms with E-state index in [9.17, 15) is 4.79 Å². The summed E-state index contributed by atoms with van der Waals surface area (Å²) < 4.78 is 5.44. The third-order valence-electron chi connectivity index (χ3n) is 3.19. The Morgan fingerprint density at radius 3 is 2.57 bits per heavy atom. The molecule has 0 spiro atoms. The molecule has 1 N–H and O–H groups in total. The fourth-order valence-corrected chi connectivity index (χ4v) is 2.18. The molecule has 0 aliphatic carbocycles. The fourth-order valence-electron chi connectivity index (χ4n) is 2.06. The van der Waals surface area contributed by atoms with Crippen molar-refractivity contribution in [2.45, 2.75) is 20.3 Å². The molecule has 3 nitrogen and oxygen atoms in total. The van der Waals surface area contributed by atoms with Crippen molar-refractivity contribution in [2.24, 2.45) is 0 Å². The molecule has 0 aliphatic heterocycles. The van der Waals surface area contributed by atoms with Crippen LogP contribution in [0.2, 0.25) is 5.02 Å². The maximum absolute atomic E-state index is 12.0. The summed E-state index contributed by atoms with van der Waals surface area (Å²) in [5.41, 5.74) is 3.05. The Kier molecular flexibility index (Phi) is 5.23. The van der Waals surface area contributed by atoms with Gasteiger partial charge in [-0.05, 0) is 48.7 Å². The lowest BCUT2D eigenvalue weighted by Gasteiger charge is -2.13. The molecule has 0 fully saturated rings. The molecule has 21 heavy (non-hydrogen) atoms. The van der Waals surface area contributed by atoms with E-state index in [2.05, 4.69) is 12.2 Å². The van der Waals surface area contributed by atoms with Crippen LogP contribution in [0.3, 0.4) is 0 Å². The third-order valence-corrected chi connectivity index (χ3v) is 3.44. The van der Waals surface area contributed by atoms with Gasteiger partial charge in [-0.15, -0.1) is 0 Å². The minimum Gasteiger partial charge on any atom is -0.484 e. The van der Waals surface area contributed by atoms with Gasteiger partial charge >= 0.3 is 0 Å². The topological polar surface area (TPSA) is 38.3 Å². The number of hydrogen-bond acceptors (Lipinski definition) is 2. The van der Waals surface area contributed by atoms with Gasteiger partial charge in [-0.2, -0.15) is 0 Å². The van der Waals surface area contributed by atoms with Gasteiger partial charge in [0, 0.05) is 10.7 Å². The molecule has 2 rings (SSSR count). The number of carbonyl (C=O) groups is 1. The maximum Gasteiger partial charge on any atom is 0.262 e. The van der Waals surface area contributed by atoms with Crippen LogP contribution in [0.25, 0.3) is 0 Å². The molecular formula is C17H18ClNO2. The van der Waals surface area contributed by atoms with Gasteiger partial charge in [-0.3, -0.25) is 4.79 Å². The van der Waals surface area contributed by atoms with E-state index in [1.807, 2.05) is 25.1 Å². The van der Waals surface area contributed by atoms with E-state index in [1.165, 1.54) is 0 Å². The van der Waals surface area contributed by atoms with Gasteiger partial charge < -0.3 is 10.1 Å². The number of halogens is 1. The van der Waals surface area contributed by atoms with Crippen molar-refractivity contribution in [3.8, 4) is 5.75 Å². The van der Waals surface area contributed by atoms with Crippen LogP contribution in [0.4, 0.5) is 5.69 Å². The van der Waals surface area contributed by atoms with Crippen LogP contribution in [0.15, 0.2) is 42.5 Å². The fraction of sp³-hybridized carbons (Fsp3) is 0.235. The zero-order valence-corrected chi connectivity index (χ0v) is 12.9. The average molecular weight is 304 g/mol. The van der Waals surface area contributed by atoms with Gasteiger partial charge in [-0.25, -0.2) is 0 Å². The summed E-state index contributed by atoms with van der Waals surface area (Å²) in [5, 5.41) is 3.56. The molecule has 0 radical (unpaired) electrons. The van der Waals surface area contributed by atoms with Gasteiger partial charge in [0.05, 0.1) is 0 Å². The Bertz CT molecular complexity index is 623. The molecule has 0 bridgehead atoms. The number of aryl methyl sites for hydroxylation is 2. The summed E-state index contributed by atoms with van der Waals surface area (Å²) in [4.78, 5) is 12.0. The van der Waals surface area contributed by atoms with E-state index in [4.69, 9.17) is 16.3 Å². The Morgan fingerprint density at radius 1 is 1.19 bits per heavy atom. The number of hydrogen-bond donors (Lipinski definition) is 1. The van der Waals surface area contributed by atoms with Crippen molar-refractivity contribution in [3.05, 3.63) is 58.6 Å². The summed E-state index contributed by atoms with van der Waals surface area (Å²) in [6.07, 6.45) is 0.870. The highest BCUT2D eigenvalue weighted by Gasteiger charge is 2.09. The normalized spacial score (nSPS) is 10.2. The number of para-hydroxylation sites is 1. The number of benzene rings is 2. The highest BCUT2D eigenvalue weighted by atomic mass is 35.5. The Morgan fingerprint density at radius 2 is 1.90 bits per heavy atom. The second-order valence-corrected chi connectivity index (χ2v) is 5.19.